The smallest absolute Gasteiger partial charge is 0.114 e. The number of hydrogen-bond acceptors (Lipinski definition) is 3. The summed E-state index contributed by atoms with van der Waals surface area (Å²) >= 11 is 5.32. The number of aryl methyl sites for hydroxylation is 1. The first-order chi connectivity index (χ1) is 8.56. The van der Waals surface area contributed by atoms with Crippen LogP contribution in [-0.2, 0) is 6.42 Å². The molecule has 0 aliphatic carbocycles. The first-order valence-electron chi connectivity index (χ1n) is 5.82. The maximum Gasteiger partial charge on any atom is 0.114 e. The lowest BCUT2D eigenvalue weighted by molar-refractivity contribution is 0.527. The molecule has 2 aromatic rings. The molecule has 96 valence electrons. The maximum atomic E-state index is 5.81. The van der Waals surface area contributed by atoms with Gasteiger partial charge >= 0.3 is 0 Å². The second-order valence-corrected chi connectivity index (χ2v) is 6.33. The summed E-state index contributed by atoms with van der Waals surface area (Å²) in [4.78, 5) is 2.34. The third-order valence-electron chi connectivity index (χ3n) is 2.59. The topological polar surface area (TPSA) is 39.2 Å². The van der Waals surface area contributed by atoms with Crippen molar-refractivity contribution in [3.05, 3.63) is 46.3 Å². The maximum absolute atomic E-state index is 5.81. The summed E-state index contributed by atoms with van der Waals surface area (Å²) < 4.78 is 6.40. The van der Waals surface area contributed by atoms with Gasteiger partial charge in [-0.1, -0.05) is 17.8 Å². The standard InChI is InChI=1S/C14H16BrNOS/c1-9(16)7-11-3-4-14(12(15)8-11)18-13-5-6-17-10(13)2/h3-6,8-9H,7,16H2,1-2H3. The number of hydrogen-bond donors (Lipinski definition) is 1. The van der Waals surface area contributed by atoms with Crippen LogP contribution >= 0.6 is 27.7 Å². The Bertz CT molecular complexity index is 536. The molecular weight excluding hydrogens is 310 g/mol. The fraction of sp³-hybridized carbons (Fsp3) is 0.286. The lowest BCUT2D eigenvalue weighted by Gasteiger charge is -2.08. The molecule has 0 aliphatic rings. The first kappa shape index (κ1) is 13.7. The van der Waals surface area contributed by atoms with Gasteiger partial charge in [0.05, 0.1) is 11.2 Å². The normalized spacial score (nSPS) is 12.7. The van der Waals surface area contributed by atoms with E-state index in [4.69, 9.17) is 10.2 Å². The monoisotopic (exact) mass is 325 g/mol. The van der Waals surface area contributed by atoms with Crippen LogP contribution < -0.4 is 5.73 Å². The van der Waals surface area contributed by atoms with E-state index in [-0.39, 0.29) is 6.04 Å². The van der Waals surface area contributed by atoms with E-state index < -0.39 is 0 Å². The van der Waals surface area contributed by atoms with Crippen LogP contribution in [-0.4, -0.2) is 6.04 Å². The second-order valence-electron chi connectivity index (χ2n) is 4.39. The summed E-state index contributed by atoms with van der Waals surface area (Å²) in [6, 6.07) is 8.57. The summed E-state index contributed by atoms with van der Waals surface area (Å²) in [5.74, 6) is 0.951. The molecule has 2 rings (SSSR count). The zero-order chi connectivity index (χ0) is 13.1. The minimum absolute atomic E-state index is 0.187. The predicted molar refractivity (Wildman–Crippen MR) is 79.1 cm³/mol. The van der Waals surface area contributed by atoms with E-state index in [1.165, 1.54) is 10.5 Å². The van der Waals surface area contributed by atoms with Crippen LogP contribution in [0.1, 0.15) is 18.2 Å². The minimum atomic E-state index is 0.187. The molecule has 18 heavy (non-hydrogen) atoms. The molecule has 0 bridgehead atoms. The van der Waals surface area contributed by atoms with Crippen molar-refractivity contribution >= 4 is 27.7 Å². The zero-order valence-electron chi connectivity index (χ0n) is 10.4. The molecule has 1 atom stereocenters. The van der Waals surface area contributed by atoms with Gasteiger partial charge in [-0.3, -0.25) is 0 Å². The van der Waals surface area contributed by atoms with E-state index in [1.54, 1.807) is 18.0 Å². The van der Waals surface area contributed by atoms with E-state index >= 15 is 0 Å². The molecule has 0 fully saturated rings. The first-order valence-corrected chi connectivity index (χ1v) is 7.43. The highest BCUT2D eigenvalue weighted by Crippen LogP contribution is 2.36. The highest BCUT2D eigenvalue weighted by Gasteiger charge is 2.08. The van der Waals surface area contributed by atoms with E-state index in [0.29, 0.717) is 0 Å². The molecule has 1 unspecified atom stereocenters. The molecule has 4 heteroatoms. The number of rotatable bonds is 4. The Morgan fingerprint density at radius 2 is 2.11 bits per heavy atom. The largest absolute Gasteiger partial charge is 0.468 e. The van der Waals surface area contributed by atoms with Crippen molar-refractivity contribution in [1.29, 1.82) is 0 Å². The van der Waals surface area contributed by atoms with Gasteiger partial charge in [0.15, 0.2) is 0 Å². The fourth-order valence-electron chi connectivity index (χ4n) is 1.72. The predicted octanol–water partition coefficient (Wildman–Crippen LogP) is 4.39. The Morgan fingerprint density at radius 1 is 1.33 bits per heavy atom. The Balaban J connectivity index is 2.17. The zero-order valence-corrected chi connectivity index (χ0v) is 12.8. The van der Waals surface area contributed by atoms with Crippen molar-refractivity contribution in [2.45, 2.75) is 36.1 Å². The summed E-state index contributed by atoms with van der Waals surface area (Å²) in [7, 11) is 0. The van der Waals surface area contributed by atoms with E-state index in [1.807, 2.05) is 19.9 Å². The van der Waals surface area contributed by atoms with Crippen molar-refractivity contribution in [3.63, 3.8) is 0 Å². The highest BCUT2D eigenvalue weighted by molar-refractivity contribution is 9.10. The quantitative estimate of drug-likeness (QED) is 0.905. The van der Waals surface area contributed by atoms with Gasteiger partial charge in [0.2, 0.25) is 0 Å². The van der Waals surface area contributed by atoms with E-state index in [0.717, 1.165) is 21.5 Å². The molecule has 0 amide bonds. The lowest BCUT2D eigenvalue weighted by Crippen LogP contribution is -2.17. The van der Waals surface area contributed by atoms with E-state index in [2.05, 4.69) is 34.1 Å². The SMILES string of the molecule is Cc1occc1Sc1ccc(CC(C)N)cc1Br. The van der Waals surface area contributed by atoms with Gasteiger partial charge in [-0.2, -0.15) is 0 Å². The highest BCUT2D eigenvalue weighted by atomic mass is 79.9. The Hall–Kier alpha value is -0.710. The summed E-state index contributed by atoms with van der Waals surface area (Å²) in [6.45, 7) is 3.99. The molecule has 0 radical (unpaired) electrons. The van der Waals surface area contributed by atoms with Crippen LogP contribution in [0.4, 0.5) is 0 Å². The average Bonchev–Trinajstić information content (AvgIpc) is 2.67. The van der Waals surface area contributed by atoms with Crippen molar-refractivity contribution in [2.24, 2.45) is 5.73 Å². The molecule has 0 saturated carbocycles. The lowest BCUT2D eigenvalue weighted by atomic mass is 10.1. The second kappa shape index (κ2) is 5.95. The van der Waals surface area contributed by atoms with Gasteiger partial charge in [-0.15, -0.1) is 0 Å². The fourth-order valence-corrected chi connectivity index (χ4v) is 3.24. The molecule has 0 aliphatic heterocycles. The van der Waals surface area contributed by atoms with Crippen molar-refractivity contribution < 1.29 is 4.42 Å². The van der Waals surface area contributed by atoms with Crippen LogP contribution in [0.25, 0.3) is 0 Å². The molecular formula is C14H16BrNOS. The summed E-state index contributed by atoms with van der Waals surface area (Å²) in [5.41, 5.74) is 7.06. The minimum Gasteiger partial charge on any atom is -0.468 e. The molecule has 2 N–H and O–H groups in total. The van der Waals surface area contributed by atoms with Crippen LogP contribution in [0.2, 0.25) is 0 Å². The summed E-state index contributed by atoms with van der Waals surface area (Å²) in [5, 5.41) is 0. The van der Waals surface area contributed by atoms with Crippen LogP contribution in [0, 0.1) is 6.92 Å². The molecule has 0 spiro atoms. The van der Waals surface area contributed by atoms with Crippen molar-refractivity contribution in [2.75, 3.05) is 0 Å². The van der Waals surface area contributed by atoms with Gasteiger partial charge in [0.25, 0.3) is 0 Å². The van der Waals surface area contributed by atoms with Crippen LogP contribution in [0.15, 0.2) is 49.2 Å². The third kappa shape index (κ3) is 3.40. The van der Waals surface area contributed by atoms with Gasteiger partial charge < -0.3 is 10.2 Å². The average molecular weight is 326 g/mol. The number of furan rings is 1. The van der Waals surface area contributed by atoms with Crippen LogP contribution in [0.5, 0.6) is 0 Å². The molecule has 1 heterocycles. The Labute approximate surface area is 120 Å². The third-order valence-corrected chi connectivity index (χ3v) is 4.72. The molecule has 0 saturated heterocycles. The summed E-state index contributed by atoms with van der Waals surface area (Å²) in [6.07, 6.45) is 2.62. The van der Waals surface area contributed by atoms with E-state index in [9.17, 15) is 0 Å². The number of nitrogens with two attached hydrogens (primary N) is 1. The number of halogens is 1. The molecule has 1 aromatic heterocycles. The van der Waals surface area contributed by atoms with Crippen LogP contribution in [0.3, 0.4) is 0 Å². The Kier molecular flexibility index (Phi) is 4.54. The van der Waals surface area contributed by atoms with Crippen molar-refractivity contribution in [3.8, 4) is 0 Å². The van der Waals surface area contributed by atoms with Gasteiger partial charge in [-0.05, 0) is 60.0 Å². The van der Waals surface area contributed by atoms with Gasteiger partial charge in [0.1, 0.15) is 5.76 Å². The molecule has 2 nitrogen and oxygen atoms in total. The molecule has 1 aromatic carbocycles. The van der Waals surface area contributed by atoms with Crippen molar-refractivity contribution in [1.82, 2.24) is 0 Å². The number of benzene rings is 1. The Morgan fingerprint density at radius 3 is 2.67 bits per heavy atom. The van der Waals surface area contributed by atoms with Gasteiger partial charge in [0, 0.05) is 15.4 Å². The van der Waals surface area contributed by atoms with Gasteiger partial charge in [-0.25, -0.2) is 0 Å².